The third-order valence-corrected chi connectivity index (χ3v) is 2.96. The van der Waals surface area contributed by atoms with E-state index in [4.69, 9.17) is 10.2 Å². The summed E-state index contributed by atoms with van der Waals surface area (Å²) < 4.78 is 25.7. The van der Waals surface area contributed by atoms with Gasteiger partial charge < -0.3 is 15.1 Å². The molecule has 1 aliphatic carbocycles. The molecule has 0 spiro atoms. The van der Waals surface area contributed by atoms with Crippen molar-refractivity contribution in [1.82, 2.24) is 4.90 Å². The largest absolute Gasteiger partial charge is 0.465 e. The molecule has 0 heterocycles. The smallest absolute Gasteiger partial charge is 0.407 e. The number of amides is 1. The maximum absolute atomic E-state index is 12.9. The lowest BCUT2D eigenvalue weighted by Crippen LogP contribution is -2.38. The van der Waals surface area contributed by atoms with Gasteiger partial charge in [0.1, 0.15) is 0 Å². The molecule has 0 aromatic heterocycles. The highest BCUT2D eigenvalue weighted by molar-refractivity contribution is 5.64. The number of aliphatic hydroxyl groups excluding tert-OH is 1. The fourth-order valence-electron chi connectivity index (χ4n) is 1.98. The van der Waals surface area contributed by atoms with E-state index in [1.54, 1.807) is 0 Å². The average molecular weight is 237 g/mol. The van der Waals surface area contributed by atoms with Gasteiger partial charge in [-0.3, -0.25) is 0 Å². The maximum atomic E-state index is 12.9. The van der Waals surface area contributed by atoms with Gasteiger partial charge in [0, 0.05) is 25.9 Å². The standard InChI is InChI=1S/C10H17F2NO3/c11-10(12)3-1-8(2-4-10)7-13(5-6-14)9(15)16/h8,14H,1-7H2,(H,15,16). The van der Waals surface area contributed by atoms with Crippen LogP contribution in [0.15, 0.2) is 0 Å². The number of hydrogen-bond acceptors (Lipinski definition) is 2. The normalized spacial score (nSPS) is 20.7. The van der Waals surface area contributed by atoms with Gasteiger partial charge in [-0.1, -0.05) is 0 Å². The molecule has 0 aromatic rings. The Bertz CT molecular complexity index is 238. The third kappa shape index (κ3) is 3.92. The summed E-state index contributed by atoms with van der Waals surface area (Å²) in [5.74, 6) is -2.59. The highest BCUT2D eigenvalue weighted by atomic mass is 19.3. The number of alkyl halides is 2. The second-order valence-electron chi connectivity index (χ2n) is 4.25. The number of aliphatic hydroxyl groups is 1. The summed E-state index contributed by atoms with van der Waals surface area (Å²) in [7, 11) is 0. The van der Waals surface area contributed by atoms with Crippen LogP contribution in [0.3, 0.4) is 0 Å². The molecule has 0 radical (unpaired) electrons. The molecular weight excluding hydrogens is 220 g/mol. The van der Waals surface area contributed by atoms with Crippen LogP contribution in [0, 0.1) is 5.92 Å². The van der Waals surface area contributed by atoms with Crippen LogP contribution in [-0.2, 0) is 0 Å². The molecule has 0 aliphatic heterocycles. The lowest BCUT2D eigenvalue weighted by molar-refractivity contribution is -0.0483. The van der Waals surface area contributed by atoms with Crippen LogP contribution in [0.1, 0.15) is 25.7 Å². The van der Waals surface area contributed by atoms with Crippen molar-refractivity contribution in [1.29, 1.82) is 0 Å². The molecule has 16 heavy (non-hydrogen) atoms. The molecule has 1 aliphatic rings. The maximum Gasteiger partial charge on any atom is 0.407 e. The van der Waals surface area contributed by atoms with E-state index in [2.05, 4.69) is 0 Å². The lowest BCUT2D eigenvalue weighted by Gasteiger charge is -2.31. The van der Waals surface area contributed by atoms with E-state index >= 15 is 0 Å². The molecule has 1 rings (SSSR count). The van der Waals surface area contributed by atoms with Gasteiger partial charge in [-0.05, 0) is 18.8 Å². The predicted octanol–water partition coefficient (Wildman–Crippen LogP) is 1.78. The van der Waals surface area contributed by atoms with Crippen molar-refractivity contribution in [2.24, 2.45) is 5.92 Å². The summed E-state index contributed by atoms with van der Waals surface area (Å²) in [5.41, 5.74) is 0. The third-order valence-electron chi connectivity index (χ3n) is 2.96. The SMILES string of the molecule is O=C(O)N(CCO)CC1CCC(F)(F)CC1. The van der Waals surface area contributed by atoms with Crippen LogP contribution in [0.2, 0.25) is 0 Å². The summed E-state index contributed by atoms with van der Waals surface area (Å²) in [4.78, 5) is 11.8. The van der Waals surface area contributed by atoms with Crippen molar-refractivity contribution in [3.63, 3.8) is 0 Å². The zero-order valence-electron chi connectivity index (χ0n) is 9.03. The Morgan fingerprint density at radius 3 is 2.38 bits per heavy atom. The minimum absolute atomic E-state index is 0.0118. The molecule has 1 amide bonds. The minimum Gasteiger partial charge on any atom is -0.465 e. The molecule has 0 atom stereocenters. The first-order valence-electron chi connectivity index (χ1n) is 5.41. The van der Waals surface area contributed by atoms with Crippen molar-refractivity contribution in [2.45, 2.75) is 31.6 Å². The Morgan fingerprint density at radius 2 is 1.94 bits per heavy atom. The summed E-state index contributed by atoms with van der Waals surface area (Å²) in [6, 6.07) is 0. The van der Waals surface area contributed by atoms with Crippen molar-refractivity contribution < 1.29 is 23.8 Å². The Hall–Kier alpha value is -0.910. The molecule has 1 fully saturated rings. The highest BCUT2D eigenvalue weighted by Crippen LogP contribution is 2.36. The number of carbonyl (C=O) groups is 1. The fraction of sp³-hybridized carbons (Fsp3) is 0.900. The molecule has 0 unspecified atom stereocenters. The van der Waals surface area contributed by atoms with E-state index in [1.807, 2.05) is 0 Å². The zero-order valence-corrected chi connectivity index (χ0v) is 9.03. The predicted molar refractivity (Wildman–Crippen MR) is 53.6 cm³/mol. The van der Waals surface area contributed by atoms with E-state index in [0.717, 1.165) is 4.90 Å². The number of halogens is 2. The molecule has 4 nitrogen and oxygen atoms in total. The van der Waals surface area contributed by atoms with E-state index in [9.17, 15) is 13.6 Å². The summed E-state index contributed by atoms with van der Waals surface area (Å²) in [6.45, 7) is 0.0450. The molecule has 6 heteroatoms. The monoisotopic (exact) mass is 237 g/mol. The molecule has 94 valence electrons. The van der Waals surface area contributed by atoms with Gasteiger partial charge in [-0.25, -0.2) is 13.6 Å². The highest BCUT2D eigenvalue weighted by Gasteiger charge is 2.35. The topological polar surface area (TPSA) is 60.8 Å². The Morgan fingerprint density at radius 1 is 1.38 bits per heavy atom. The molecule has 0 saturated heterocycles. The van der Waals surface area contributed by atoms with Crippen LogP contribution in [0.4, 0.5) is 13.6 Å². The summed E-state index contributed by atoms with van der Waals surface area (Å²) in [5, 5.41) is 17.5. The number of nitrogens with zero attached hydrogens (tertiary/aromatic N) is 1. The first kappa shape index (κ1) is 13.2. The van der Waals surface area contributed by atoms with Crippen molar-refractivity contribution >= 4 is 6.09 Å². The Balaban J connectivity index is 2.39. The molecule has 1 saturated carbocycles. The van der Waals surface area contributed by atoms with E-state index in [-0.39, 0.29) is 38.5 Å². The Labute approximate surface area is 92.9 Å². The van der Waals surface area contributed by atoms with Crippen LogP contribution >= 0.6 is 0 Å². The second-order valence-corrected chi connectivity index (χ2v) is 4.25. The molecular formula is C10H17F2NO3. The zero-order chi connectivity index (χ0) is 12.2. The Kier molecular flexibility index (Phi) is 4.46. The summed E-state index contributed by atoms with van der Waals surface area (Å²) >= 11 is 0. The number of rotatable bonds is 4. The van der Waals surface area contributed by atoms with Gasteiger partial charge >= 0.3 is 6.09 Å². The van der Waals surface area contributed by atoms with Crippen molar-refractivity contribution in [2.75, 3.05) is 19.7 Å². The van der Waals surface area contributed by atoms with Gasteiger partial charge in [0.2, 0.25) is 5.92 Å². The molecule has 2 N–H and O–H groups in total. The van der Waals surface area contributed by atoms with Gasteiger partial charge in [0.15, 0.2) is 0 Å². The van der Waals surface area contributed by atoms with E-state index in [0.29, 0.717) is 12.8 Å². The van der Waals surface area contributed by atoms with Gasteiger partial charge in [-0.2, -0.15) is 0 Å². The van der Waals surface area contributed by atoms with Crippen LogP contribution in [0.25, 0.3) is 0 Å². The number of hydrogen-bond donors (Lipinski definition) is 2. The van der Waals surface area contributed by atoms with E-state index in [1.165, 1.54) is 0 Å². The minimum atomic E-state index is -2.58. The van der Waals surface area contributed by atoms with Gasteiger partial charge in [0.05, 0.1) is 6.61 Å². The van der Waals surface area contributed by atoms with Gasteiger partial charge in [-0.15, -0.1) is 0 Å². The quantitative estimate of drug-likeness (QED) is 0.783. The van der Waals surface area contributed by atoms with Crippen LogP contribution in [0.5, 0.6) is 0 Å². The first-order chi connectivity index (χ1) is 7.44. The van der Waals surface area contributed by atoms with Crippen LogP contribution < -0.4 is 0 Å². The molecule has 0 bridgehead atoms. The average Bonchev–Trinajstić information content (AvgIpc) is 2.20. The fourth-order valence-corrected chi connectivity index (χ4v) is 1.98. The first-order valence-corrected chi connectivity index (χ1v) is 5.41. The van der Waals surface area contributed by atoms with Gasteiger partial charge in [0.25, 0.3) is 0 Å². The van der Waals surface area contributed by atoms with Crippen LogP contribution in [-0.4, -0.2) is 46.8 Å². The summed E-state index contributed by atoms with van der Waals surface area (Å²) in [6.07, 6.45) is -0.731. The molecule has 0 aromatic carbocycles. The lowest BCUT2D eigenvalue weighted by atomic mass is 9.86. The number of carboxylic acid groups (broad SMARTS) is 1. The van der Waals surface area contributed by atoms with Crippen molar-refractivity contribution in [3.05, 3.63) is 0 Å². The van der Waals surface area contributed by atoms with Crippen molar-refractivity contribution in [3.8, 4) is 0 Å². The van der Waals surface area contributed by atoms with E-state index < -0.39 is 12.0 Å². The second kappa shape index (κ2) is 5.43.